The summed E-state index contributed by atoms with van der Waals surface area (Å²) in [4.78, 5) is 26.0. The molecule has 3 aromatic rings. The molecule has 0 atom stereocenters. The number of rotatable bonds is 4. The molecule has 3 N–H and O–H groups in total. The SMILES string of the molecule is CC(C)(C)OC(=O)N1CCc2cc(Nc3cc(-c4c(F)cccc4F)nnc3C(N)=O)ccc21. The number of anilines is 3. The molecule has 0 unspecified atom stereocenters. The molecular weight excluding hydrogens is 444 g/mol. The number of carbonyl (C=O) groups excluding carboxylic acids is 2. The van der Waals surface area contributed by atoms with Gasteiger partial charge in [-0.05, 0) is 69.2 Å². The van der Waals surface area contributed by atoms with Crippen molar-refractivity contribution >= 4 is 29.1 Å². The maximum atomic E-state index is 14.2. The van der Waals surface area contributed by atoms with E-state index in [1.165, 1.54) is 12.1 Å². The van der Waals surface area contributed by atoms with E-state index >= 15 is 0 Å². The monoisotopic (exact) mass is 467 g/mol. The van der Waals surface area contributed by atoms with E-state index in [9.17, 15) is 18.4 Å². The molecule has 176 valence electrons. The van der Waals surface area contributed by atoms with Gasteiger partial charge in [0.15, 0.2) is 5.69 Å². The van der Waals surface area contributed by atoms with Crippen molar-refractivity contribution in [3.8, 4) is 11.3 Å². The topological polar surface area (TPSA) is 110 Å². The van der Waals surface area contributed by atoms with E-state index in [4.69, 9.17) is 10.5 Å². The molecule has 0 fully saturated rings. The van der Waals surface area contributed by atoms with Gasteiger partial charge in [-0.2, -0.15) is 0 Å². The van der Waals surface area contributed by atoms with Crippen LogP contribution in [0.2, 0.25) is 0 Å². The summed E-state index contributed by atoms with van der Waals surface area (Å²) in [5.74, 6) is -2.48. The van der Waals surface area contributed by atoms with Crippen LogP contribution in [0.25, 0.3) is 11.3 Å². The highest BCUT2D eigenvalue weighted by Gasteiger charge is 2.29. The molecule has 1 aliphatic rings. The van der Waals surface area contributed by atoms with E-state index in [0.29, 0.717) is 18.7 Å². The van der Waals surface area contributed by atoms with E-state index in [-0.39, 0.29) is 22.6 Å². The molecular formula is C24H23F2N5O3. The fraction of sp³-hybridized carbons (Fsp3) is 0.250. The van der Waals surface area contributed by atoms with E-state index in [1.54, 1.807) is 37.8 Å². The Bertz CT molecular complexity index is 1270. The van der Waals surface area contributed by atoms with E-state index in [2.05, 4.69) is 15.5 Å². The molecule has 2 amide bonds. The Morgan fingerprint density at radius 1 is 1.09 bits per heavy atom. The maximum Gasteiger partial charge on any atom is 0.414 e. The third kappa shape index (κ3) is 4.66. The van der Waals surface area contributed by atoms with E-state index < -0.39 is 29.2 Å². The van der Waals surface area contributed by atoms with Crippen LogP contribution in [0.1, 0.15) is 36.8 Å². The largest absolute Gasteiger partial charge is 0.443 e. The summed E-state index contributed by atoms with van der Waals surface area (Å²) in [7, 11) is 0. The number of amides is 2. The quantitative estimate of drug-likeness (QED) is 0.582. The van der Waals surface area contributed by atoms with Gasteiger partial charge in [0.25, 0.3) is 5.91 Å². The minimum Gasteiger partial charge on any atom is -0.443 e. The summed E-state index contributed by atoms with van der Waals surface area (Å²) in [6.45, 7) is 5.87. The molecule has 0 radical (unpaired) electrons. The summed E-state index contributed by atoms with van der Waals surface area (Å²) in [5.41, 5.74) is 6.48. The fourth-order valence-electron chi connectivity index (χ4n) is 3.68. The first-order valence-corrected chi connectivity index (χ1v) is 10.6. The van der Waals surface area contributed by atoms with Gasteiger partial charge in [0, 0.05) is 12.2 Å². The van der Waals surface area contributed by atoms with Gasteiger partial charge in [-0.15, -0.1) is 10.2 Å². The van der Waals surface area contributed by atoms with Gasteiger partial charge >= 0.3 is 6.09 Å². The number of aromatic nitrogens is 2. The number of hydrogen-bond donors (Lipinski definition) is 2. The molecule has 0 bridgehead atoms. The van der Waals surface area contributed by atoms with Crippen LogP contribution in [0.5, 0.6) is 0 Å². The first-order valence-electron chi connectivity index (χ1n) is 10.6. The normalized spacial score (nSPS) is 12.9. The Hall–Kier alpha value is -4.08. The molecule has 2 aromatic carbocycles. The molecule has 8 nitrogen and oxygen atoms in total. The zero-order valence-corrected chi connectivity index (χ0v) is 18.9. The van der Waals surface area contributed by atoms with Gasteiger partial charge in [-0.3, -0.25) is 9.69 Å². The van der Waals surface area contributed by atoms with Crippen molar-refractivity contribution in [1.82, 2.24) is 10.2 Å². The number of nitrogens with two attached hydrogens (primary N) is 1. The lowest BCUT2D eigenvalue weighted by Crippen LogP contribution is -2.35. The Morgan fingerprint density at radius 3 is 2.44 bits per heavy atom. The van der Waals surface area contributed by atoms with Crippen LogP contribution in [0.3, 0.4) is 0 Å². The summed E-state index contributed by atoms with van der Waals surface area (Å²) in [6.07, 6.45) is 0.172. The number of halogens is 2. The molecule has 2 heterocycles. The van der Waals surface area contributed by atoms with Crippen molar-refractivity contribution in [2.45, 2.75) is 32.8 Å². The molecule has 0 aliphatic carbocycles. The van der Waals surface area contributed by atoms with Crippen LogP contribution in [0.4, 0.5) is 30.6 Å². The van der Waals surface area contributed by atoms with Crippen molar-refractivity contribution in [2.24, 2.45) is 5.73 Å². The van der Waals surface area contributed by atoms with Crippen molar-refractivity contribution in [3.05, 3.63) is 65.4 Å². The minimum absolute atomic E-state index is 0.0969. The van der Waals surface area contributed by atoms with Crippen LogP contribution >= 0.6 is 0 Å². The van der Waals surface area contributed by atoms with Gasteiger partial charge in [0.1, 0.15) is 22.9 Å². The molecule has 34 heavy (non-hydrogen) atoms. The summed E-state index contributed by atoms with van der Waals surface area (Å²) in [6, 6.07) is 10.0. The predicted octanol–water partition coefficient (Wildman–Crippen LogP) is 4.56. The fourth-order valence-corrected chi connectivity index (χ4v) is 3.68. The Morgan fingerprint density at radius 2 is 1.79 bits per heavy atom. The van der Waals surface area contributed by atoms with Crippen molar-refractivity contribution in [1.29, 1.82) is 0 Å². The second kappa shape index (κ2) is 8.69. The van der Waals surface area contributed by atoms with Crippen LogP contribution in [0, 0.1) is 11.6 Å². The van der Waals surface area contributed by atoms with Gasteiger partial charge in [-0.1, -0.05) is 6.07 Å². The predicted molar refractivity (Wildman–Crippen MR) is 123 cm³/mol. The van der Waals surface area contributed by atoms with E-state index in [1.807, 2.05) is 6.07 Å². The number of ether oxygens (including phenoxy) is 1. The van der Waals surface area contributed by atoms with Crippen molar-refractivity contribution < 1.29 is 23.1 Å². The Labute approximate surface area is 194 Å². The lowest BCUT2D eigenvalue weighted by molar-refractivity contribution is 0.0583. The number of benzene rings is 2. The molecule has 10 heteroatoms. The van der Waals surface area contributed by atoms with Gasteiger partial charge in [-0.25, -0.2) is 13.6 Å². The standard InChI is InChI=1S/C24H23F2N5O3/c1-24(2,3)34-23(33)31-10-9-13-11-14(7-8-19(13)31)28-18-12-17(29-30-21(18)22(27)32)20-15(25)5-4-6-16(20)26/h4-8,11-12H,9-10H2,1-3H3,(H2,27,32)(H,28,29). The lowest BCUT2D eigenvalue weighted by Gasteiger charge is -2.24. The van der Waals surface area contributed by atoms with Crippen molar-refractivity contribution in [2.75, 3.05) is 16.8 Å². The number of fused-ring (bicyclic) bond motifs is 1. The highest BCUT2D eigenvalue weighted by molar-refractivity contribution is 5.98. The van der Waals surface area contributed by atoms with Gasteiger partial charge in [0.2, 0.25) is 0 Å². The zero-order valence-electron chi connectivity index (χ0n) is 18.9. The Kier molecular flexibility index (Phi) is 5.90. The first-order chi connectivity index (χ1) is 16.0. The first kappa shape index (κ1) is 23.1. The van der Waals surface area contributed by atoms with Crippen LogP contribution in [-0.2, 0) is 11.2 Å². The minimum atomic E-state index is -0.854. The summed E-state index contributed by atoms with van der Waals surface area (Å²) >= 11 is 0. The molecule has 4 rings (SSSR count). The van der Waals surface area contributed by atoms with Crippen LogP contribution in [0.15, 0.2) is 42.5 Å². The van der Waals surface area contributed by atoms with Crippen LogP contribution in [-0.4, -0.2) is 34.3 Å². The van der Waals surface area contributed by atoms with Gasteiger partial charge < -0.3 is 15.8 Å². The summed E-state index contributed by atoms with van der Waals surface area (Å²) < 4.78 is 34.0. The molecule has 0 saturated heterocycles. The number of primary amides is 1. The molecule has 0 saturated carbocycles. The Balaban J connectivity index is 1.65. The number of hydrogen-bond acceptors (Lipinski definition) is 6. The lowest BCUT2D eigenvalue weighted by atomic mass is 10.1. The average Bonchev–Trinajstić information content (AvgIpc) is 3.16. The summed E-state index contributed by atoms with van der Waals surface area (Å²) in [5, 5.41) is 10.6. The highest BCUT2D eigenvalue weighted by Crippen LogP contribution is 2.34. The molecule has 1 aliphatic heterocycles. The third-order valence-corrected chi connectivity index (χ3v) is 5.11. The molecule has 1 aromatic heterocycles. The smallest absolute Gasteiger partial charge is 0.414 e. The number of nitrogens with one attached hydrogen (secondary N) is 1. The number of carbonyl (C=O) groups is 2. The average molecular weight is 467 g/mol. The van der Waals surface area contributed by atoms with Crippen molar-refractivity contribution in [3.63, 3.8) is 0 Å². The zero-order chi connectivity index (χ0) is 24.6. The van der Waals surface area contributed by atoms with E-state index in [0.717, 1.165) is 23.4 Å². The maximum absolute atomic E-state index is 14.2. The third-order valence-electron chi connectivity index (χ3n) is 5.11. The van der Waals surface area contributed by atoms with Crippen LogP contribution < -0.4 is 16.0 Å². The second-order valence-corrected chi connectivity index (χ2v) is 8.80. The highest BCUT2D eigenvalue weighted by atomic mass is 19.1. The van der Waals surface area contributed by atoms with Gasteiger partial charge in [0.05, 0.1) is 16.9 Å². The molecule has 0 spiro atoms. The second-order valence-electron chi connectivity index (χ2n) is 8.80. The number of nitrogens with zero attached hydrogens (tertiary/aromatic N) is 3.